The fourth-order valence-electron chi connectivity index (χ4n) is 1.36. The van der Waals surface area contributed by atoms with Gasteiger partial charge in [-0.05, 0) is 0 Å². The van der Waals surface area contributed by atoms with Crippen molar-refractivity contribution in [2.45, 2.75) is 18.5 Å². The number of pyridine rings is 1. The SMILES string of the molecule is C=C(c1c(C(F)(F)F)cncc1C(F)(F)F)C(F)(F)F. The molecule has 0 aromatic carbocycles. The van der Waals surface area contributed by atoms with Gasteiger partial charge >= 0.3 is 18.5 Å². The fourth-order valence-corrected chi connectivity index (χ4v) is 1.36. The van der Waals surface area contributed by atoms with Crippen LogP contribution in [0.5, 0.6) is 0 Å². The molecular formula is C10H4F9N. The predicted molar refractivity (Wildman–Crippen MR) is 49.3 cm³/mol. The minimum absolute atomic E-state index is 0.110. The van der Waals surface area contributed by atoms with Gasteiger partial charge < -0.3 is 0 Å². The second-order valence-electron chi connectivity index (χ2n) is 3.58. The second-order valence-corrected chi connectivity index (χ2v) is 3.58. The highest BCUT2D eigenvalue weighted by molar-refractivity contribution is 5.73. The van der Waals surface area contributed by atoms with E-state index < -0.39 is 40.8 Å². The molecule has 0 saturated heterocycles. The van der Waals surface area contributed by atoms with Gasteiger partial charge in [-0.3, -0.25) is 4.98 Å². The molecule has 0 amide bonds. The summed E-state index contributed by atoms with van der Waals surface area (Å²) in [6.45, 7) is 2.29. The number of alkyl halides is 9. The summed E-state index contributed by atoms with van der Waals surface area (Å²) < 4.78 is 113. The van der Waals surface area contributed by atoms with Crippen LogP contribution in [0.15, 0.2) is 19.0 Å². The van der Waals surface area contributed by atoms with Gasteiger partial charge in [0.1, 0.15) is 0 Å². The van der Waals surface area contributed by atoms with E-state index in [1.54, 1.807) is 0 Å². The summed E-state index contributed by atoms with van der Waals surface area (Å²) in [5.74, 6) is 0. The van der Waals surface area contributed by atoms with E-state index >= 15 is 0 Å². The van der Waals surface area contributed by atoms with E-state index in [2.05, 4.69) is 11.6 Å². The standard InChI is InChI=1S/C10H4F9N/c1-4(8(11,12)13)7-5(9(14,15)16)2-20-3-6(7)10(17,18)19/h2-3H,1H2. The van der Waals surface area contributed by atoms with Crippen LogP contribution in [0.4, 0.5) is 39.5 Å². The zero-order valence-corrected chi connectivity index (χ0v) is 9.21. The molecule has 0 aliphatic heterocycles. The van der Waals surface area contributed by atoms with E-state index in [1.165, 1.54) is 0 Å². The molecule has 0 saturated carbocycles. The van der Waals surface area contributed by atoms with Gasteiger partial charge in [-0.2, -0.15) is 39.5 Å². The lowest BCUT2D eigenvalue weighted by molar-refractivity contribution is -0.144. The van der Waals surface area contributed by atoms with E-state index in [1.807, 2.05) is 0 Å². The molecule has 0 radical (unpaired) electrons. The molecule has 0 unspecified atom stereocenters. The summed E-state index contributed by atoms with van der Waals surface area (Å²) in [6, 6.07) is 0. The number of aromatic nitrogens is 1. The third-order valence-corrected chi connectivity index (χ3v) is 2.20. The maximum Gasteiger partial charge on any atom is 0.418 e. The molecule has 1 aromatic rings. The first-order valence-corrected chi connectivity index (χ1v) is 4.65. The molecule has 0 atom stereocenters. The summed E-state index contributed by atoms with van der Waals surface area (Å²) in [6.07, 6.45) is -16.5. The van der Waals surface area contributed by atoms with Crippen molar-refractivity contribution in [3.05, 3.63) is 35.7 Å². The number of nitrogens with zero attached hydrogens (tertiary/aromatic N) is 1. The molecule has 20 heavy (non-hydrogen) atoms. The molecular weight excluding hydrogens is 305 g/mol. The Labute approximate surface area is 105 Å². The fraction of sp³-hybridized carbons (Fsp3) is 0.300. The van der Waals surface area contributed by atoms with Crippen LogP contribution >= 0.6 is 0 Å². The van der Waals surface area contributed by atoms with Crippen LogP contribution in [0.3, 0.4) is 0 Å². The molecule has 0 spiro atoms. The van der Waals surface area contributed by atoms with Gasteiger partial charge in [-0.25, -0.2) is 0 Å². The molecule has 1 heterocycles. The molecule has 0 fully saturated rings. The number of allylic oxidation sites excluding steroid dienone is 1. The minimum atomic E-state index is -5.44. The van der Waals surface area contributed by atoms with Crippen LogP contribution in [0.2, 0.25) is 0 Å². The monoisotopic (exact) mass is 309 g/mol. The molecule has 0 bridgehead atoms. The highest BCUT2D eigenvalue weighted by Gasteiger charge is 2.46. The average molecular weight is 309 g/mol. The van der Waals surface area contributed by atoms with Crippen molar-refractivity contribution in [1.82, 2.24) is 4.98 Å². The Morgan fingerprint density at radius 3 is 1.40 bits per heavy atom. The van der Waals surface area contributed by atoms with Gasteiger partial charge in [-0.1, -0.05) is 6.58 Å². The molecule has 0 aliphatic rings. The zero-order chi connectivity index (χ0) is 15.9. The Kier molecular flexibility index (Phi) is 3.81. The zero-order valence-electron chi connectivity index (χ0n) is 9.21. The predicted octanol–water partition coefficient (Wildman–Crippen LogP) is 4.69. The van der Waals surface area contributed by atoms with Crippen LogP contribution in [-0.2, 0) is 12.4 Å². The van der Waals surface area contributed by atoms with Crippen molar-refractivity contribution in [2.75, 3.05) is 0 Å². The second kappa shape index (κ2) is 4.67. The topological polar surface area (TPSA) is 12.9 Å². The molecule has 1 aromatic heterocycles. The van der Waals surface area contributed by atoms with Gasteiger partial charge in [0.05, 0.1) is 16.7 Å². The van der Waals surface area contributed by atoms with Crippen LogP contribution in [-0.4, -0.2) is 11.2 Å². The average Bonchev–Trinajstić information content (AvgIpc) is 2.23. The molecule has 112 valence electrons. The van der Waals surface area contributed by atoms with E-state index in [4.69, 9.17) is 0 Å². The first kappa shape index (κ1) is 16.3. The number of hydrogen-bond acceptors (Lipinski definition) is 1. The molecule has 1 rings (SSSR count). The summed E-state index contributed by atoms with van der Waals surface area (Å²) in [5, 5.41) is 0. The van der Waals surface area contributed by atoms with Gasteiger partial charge in [0.2, 0.25) is 0 Å². The van der Waals surface area contributed by atoms with Crippen molar-refractivity contribution in [3.8, 4) is 0 Å². The lowest BCUT2D eigenvalue weighted by atomic mass is 9.96. The van der Waals surface area contributed by atoms with Crippen molar-refractivity contribution < 1.29 is 39.5 Å². The quantitative estimate of drug-likeness (QED) is 0.686. The van der Waals surface area contributed by atoms with Crippen LogP contribution in [0.25, 0.3) is 5.57 Å². The van der Waals surface area contributed by atoms with Crippen molar-refractivity contribution in [3.63, 3.8) is 0 Å². The molecule has 1 nitrogen and oxygen atoms in total. The Hall–Kier alpha value is -1.74. The van der Waals surface area contributed by atoms with E-state index in [0.717, 1.165) is 0 Å². The molecule has 0 aliphatic carbocycles. The normalized spacial score (nSPS) is 13.4. The number of rotatable bonds is 1. The van der Waals surface area contributed by atoms with Gasteiger partial charge in [0, 0.05) is 18.0 Å². The summed E-state index contributed by atoms with van der Waals surface area (Å²) in [5.41, 5.74) is -8.59. The Balaban J connectivity index is 3.71. The van der Waals surface area contributed by atoms with Crippen molar-refractivity contribution >= 4 is 5.57 Å². The minimum Gasteiger partial charge on any atom is -0.263 e. The lowest BCUT2D eigenvalue weighted by Gasteiger charge is -2.20. The highest BCUT2D eigenvalue weighted by Crippen LogP contribution is 2.45. The molecule has 10 heteroatoms. The van der Waals surface area contributed by atoms with Crippen LogP contribution < -0.4 is 0 Å². The Morgan fingerprint density at radius 1 is 0.800 bits per heavy atom. The van der Waals surface area contributed by atoms with Crippen molar-refractivity contribution in [2.24, 2.45) is 0 Å². The maximum absolute atomic E-state index is 12.5. The van der Waals surface area contributed by atoms with E-state index in [9.17, 15) is 39.5 Å². The van der Waals surface area contributed by atoms with E-state index in [0.29, 0.717) is 0 Å². The summed E-state index contributed by atoms with van der Waals surface area (Å²) >= 11 is 0. The summed E-state index contributed by atoms with van der Waals surface area (Å²) in [7, 11) is 0. The first-order chi connectivity index (χ1) is 8.76. The molecule has 0 N–H and O–H groups in total. The third kappa shape index (κ3) is 3.23. The van der Waals surface area contributed by atoms with Gasteiger partial charge in [0.25, 0.3) is 0 Å². The van der Waals surface area contributed by atoms with Crippen LogP contribution in [0, 0.1) is 0 Å². The van der Waals surface area contributed by atoms with Gasteiger partial charge in [-0.15, -0.1) is 0 Å². The number of halogens is 9. The summed E-state index contributed by atoms with van der Waals surface area (Å²) in [4.78, 5) is 2.69. The highest BCUT2D eigenvalue weighted by atomic mass is 19.4. The Bertz CT molecular complexity index is 489. The van der Waals surface area contributed by atoms with Crippen molar-refractivity contribution in [1.29, 1.82) is 0 Å². The largest absolute Gasteiger partial charge is 0.418 e. The van der Waals surface area contributed by atoms with Crippen LogP contribution in [0.1, 0.15) is 16.7 Å². The first-order valence-electron chi connectivity index (χ1n) is 4.65. The van der Waals surface area contributed by atoms with Gasteiger partial charge in [0.15, 0.2) is 0 Å². The Morgan fingerprint density at radius 2 is 1.15 bits per heavy atom. The smallest absolute Gasteiger partial charge is 0.263 e. The van der Waals surface area contributed by atoms with E-state index in [-0.39, 0.29) is 12.4 Å². The number of hydrogen-bond donors (Lipinski definition) is 0. The maximum atomic E-state index is 12.5. The third-order valence-electron chi connectivity index (χ3n) is 2.20. The lowest BCUT2D eigenvalue weighted by Crippen LogP contribution is -2.21.